The van der Waals surface area contributed by atoms with Crippen molar-refractivity contribution in [3.63, 3.8) is 0 Å². The zero-order valence-electron chi connectivity index (χ0n) is 10.1. The molecule has 20 heavy (non-hydrogen) atoms. The van der Waals surface area contributed by atoms with Crippen molar-refractivity contribution in [2.24, 2.45) is 0 Å². The Morgan fingerprint density at radius 3 is 2.45 bits per heavy atom. The Balaban J connectivity index is 2.06. The van der Waals surface area contributed by atoms with Crippen LogP contribution in [0.15, 0.2) is 16.6 Å². The van der Waals surface area contributed by atoms with E-state index in [-0.39, 0.29) is 5.56 Å². The van der Waals surface area contributed by atoms with E-state index in [1.54, 1.807) is 6.07 Å². The molecule has 1 aromatic rings. The number of carbonyl (C=O) groups is 1. The molecule has 0 radical (unpaired) electrons. The fourth-order valence-electron chi connectivity index (χ4n) is 1.61. The number of alkyl halides is 3. The highest BCUT2D eigenvalue weighted by molar-refractivity contribution is 9.10. The lowest BCUT2D eigenvalue weighted by atomic mass is 10.1. The number of rotatable bonds is 4. The van der Waals surface area contributed by atoms with Crippen LogP contribution in [0.4, 0.5) is 13.2 Å². The zero-order chi connectivity index (χ0) is 14.8. The van der Waals surface area contributed by atoms with Crippen LogP contribution in [0.5, 0.6) is 11.5 Å². The third-order valence-electron chi connectivity index (χ3n) is 2.43. The molecule has 0 unspecified atom stereocenters. The quantitative estimate of drug-likeness (QED) is 0.779. The first-order chi connectivity index (χ1) is 9.37. The minimum atomic E-state index is -4.45. The Morgan fingerprint density at radius 1 is 1.25 bits per heavy atom. The number of halogens is 4. The molecule has 1 aliphatic rings. The van der Waals surface area contributed by atoms with Gasteiger partial charge in [-0.25, -0.2) is 0 Å². The van der Waals surface area contributed by atoms with Gasteiger partial charge in [-0.05, 0) is 28.1 Å². The summed E-state index contributed by atoms with van der Waals surface area (Å²) in [6, 6.07) is 2.98. The first-order valence-electron chi connectivity index (χ1n) is 5.63. The van der Waals surface area contributed by atoms with Crippen LogP contribution in [0.3, 0.4) is 0 Å². The van der Waals surface area contributed by atoms with E-state index in [0.717, 1.165) is 0 Å². The van der Waals surface area contributed by atoms with E-state index in [4.69, 9.17) is 9.47 Å². The normalized spacial score (nSPS) is 14.2. The van der Waals surface area contributed by atoms with Gasteiger partial charge in [-0.15, -0.1) is 0 Å². The third-order valence-corrected chi connectivity index (χ3v) is 3.09. The first-order valence-corrected chi connectivity index (χ1v) is 6.43. The van der Waals surface area contributed by atoms with Gasteiger partial charge in [0.05, 0.1) is 0 Å². The van der Waals surface area contributed by atoms with E-state index in [2.05, 4.69) is 20.7 Å². The zero-order valence-corrected chi connectivity index (χ0v) is 11.7. The third kappa shape index (κ3) is 3.86. The second-order valence-electron chi connectivity index (χ2n) is 4.01. The Kier molecular flexibility index (Phi) is 4.54. The number of hydrogen-bond acceptors (Lipinski definition) is 4. The molecule has 0 spiro atoms. The molecule has 1 aliphatic heterocycles. The molecule has 0 N–H and O–H groups in total. The van der Waals surface area contributed by atoms with Crippen LogP contribution in [0.25, 0.3) is 0 Å². The van der Waals surface area contributed by atoms with Crippen LogP contribution in [-0.2, 0) is 4.74 Å². The highest BCUT2D eigenvalue weighted by Crippen LogP contribution is 2.35. The predicted octanol–water partition coefficient (Wildman–Crippen LogP) is 2.98. The summed E-state index contributed by atoms with van der Waals surface area (Å²) in [6.45, 7) is -1.35. The van der Waals surface area contributed by atoms with Gasteiger partial charge in [0.25, 0.3) is 0 Å². The maximum absolute atomic E-state index is 11.9. The molecule has 1 aromatic carbocycles. The van der Waals surface area contributed by atoms with Crippen LogP contribution < -0.4 is 9.47 Å². The van der Waals surface area contributed by atoms with Crippen LogP contribution >= 0.6 is 15.9 Å². The highest BCUT2D eigenvalue weighted by Gasteiger charge is 2.28. The standard InChI is InChI=1S/C12H10BrF3O4/c13-8-4-11-10(19-1-2-20-11)3-7(8)9(17)5-18-6-12(14,15)16/h3-4H,1-2,5-6H2. The molecule has 4 nitrogen and oxygen atoms in total. The second kappa shape index (κ2) is 6.01. The monoisotopic (exact) mass is 354 g/mol. The summed E-state index contributed by atoms with van der Waals surface area (Å²) in [7, 11) is 0. The van der Waals surface area contributed by atoms with Crippen molar-refractivity contribution in [1.82, 2.24) is 0 Å². The van der Waals surface area contributed by atoms with Crippen molar-refractivity contribution in [1.29, 1.82) is 0 Å². The van der Waals surface area contributed by atoms with Crippen molar-refractivity contribution < 1.29 is 32.2 Å². The van der Waals surface area contributed by atoms with Crippen LogP contribution in [0, 0.1) is 0 Å². The van der Waals surface area contributed by atoms with Crippen molar-refractivity contribution in [3.05, 3.63) is 22.2 Å². The molecule has 8 heteroatoms. The summed E-state index contributed by atoms with van der Waals surface area (Å²) >= 11 is 3.17. The number of fused-ring (bicyclic) bond motifs is 1. The fourth-order valence-corrected chi connectivity index (χ4v) is 2.16. The Morgan fingerprint density at radius 2 is 1.85 bits per heavy atom. The molecule has 0 bridgehead atoms. The lowest BCUT2D eigenvalue weighted by Gasteiger charge is -2.19. The largest absolute Gasteiger partial charge is 0.486 e. The minimum absolute atomic E-state index is 0.191. The van der Waals surface area contributed by atoms with Gasteiger partial charge in [-0.1, -0.05) is 0 Å². The Labute approximate surface area is 120 Å². The maximum Gasteiger partial charge on any atom is 0.411 e. The Hall–Kier alpha value is -1.28. The van der Waals surface area contributed by atoms with E-state index in [1.807, 2.05) is 0 Å². The lowest BCUT2D eigenvalue weighted by Crippen LogP contribution is -2.21. The SMILES string of the molecule is O=C(COCC(F)(F)F)c1cc2c(cc1Br)OCCO2. The number of benzene rings is 1. The second-order valence-corrected chi connectivity index (χ2v) is 4.86. The van der Waals surface area contributed by atoms with Gasteiger partial charge in [0.15, 0.2) is 17.3 Å². The molecule has 0 saturated carbocycles. The van der Waals surface area contributed by atoms with Gasteiger partial charge >= 0.3 is 6.18 Å². The summed E-state index contributed by atoms with van der Waals surface area (Å²) in [6.07, 6.45) is -4.45. The van der Waals surface area contributed by atoms with E-state index in [0.29, 0.717) is 29.2 Å². The lowest BCUT2D eigenvalue weighted by molar-refractivity contribution is -0.170. The highest BCUT2D eigenvalue weighted by atomic mass is 79.9. The molecule has 0 aliphatic carbocycles. The average molecular weight is 355 g/mol. The number of Topliss-reactive ketones (excluding diaryl/α,β-unsaturated/α-hetero) is 1. The van der Waals surface area contributed by atoms with Gasteiger partial charge in [-0.3, -0.25) is 4.79 Å². The van der Waals surface area contributed by atoms with E-state index in [1.165, 1.54) is 6.07 Å². The number of ether oxygens (including phenoxy) is 3. The summed E-state index contributed by atoms with van der Waals surface area (Å²) in [5.41, 5.74) is 0.191. The minimum Gasteiger partial charge on any atom is -0.486 e. The number of hydrogen-bond donors (Lipinski definition) is 0. The molecule has 1 heterocycles. The van der Waals surface area contributed by atoms with Crippen molar-refractivity contribution in [2.45, 2.75) is 6.18 Å². The molecular formula is C12H10BrF3O4. The van der Waals surface area contributed by atoms with Crippen molar-refractivity contribution >= 4 is 21.7 Å². The molecule has 0 atom stereocenters. The van der Waals surface area contributed by atoms with Gasteiger partial charge in [0, 0.05) is 10.0 Å². The summed E-state index contributed by atoms with van der Waals surface area (Å²) < 4.78 is 51.2. The van der Waals surface area contributed by atoms with Crippen LogP contribution in [-0.4, -0.2) is 38.4 Å². The van der Waals surface area contributed by atoms with E-state index >= 15 is 0 Å². The van der Waals surface area contributed by atoms with Crippen molar-refractivity contribution in [2.75, 3.05) is 26.4 Å². The van der Waals surface area contributed by atoms with Gasteiger partial charge < -0.3 is 14.2 Å². The maximum atomic E-state index is 11.9. The Bertz CT molecular complexity index is 516. The smallest absolute Gasteiger partial charge is 0.411 e. The first kappa shape index (κ1) is 15.1. The van der Waals surface area contributed by atoms with Crippen molar-refractivity contribution in [3.8, 4) is 11.5 Å². The average Bonchev–Trinajstić information content (AvgIpc) is 2.36. The van der Waals surface area contributed by atoms with Crippen LogP contribution in [0.2, 0.25) is 0 Å². The molecular weight excluding hydrogens is 345 g/mol. The van der Waals surface area contributed by atoms with Gasteiger partial charge in [0.1, 0.15) is 26.4 Å². The molecule has 110 valence electrons. The number of ketones is 1. The molecule has 2 rings (SSSR count). The van der Waals surface area contributed by atoms with E-state index in [9.17, 15) is 18.0 Å². The fraction of sp³-hybridized carbons (Fsp3) is 0.417. The molecule has 0 fully saturated rings. The van der Waals surface area contributed by atoms with Gasteiger partial charge in [-0.2, -0.15) is 13.2 Å². The molecule has 0 saturated heterocycles. The molecule has 0 amide bonds. The predicted molar refractivity (Wildman–Crippen MR) is 66.3 cm³/mol. The summed E-state index contributed by atoms with van der Waals surface area (Å²) in [5, 5.41) is 0. The van der Waals surface area contributed by atoms with E-state index < -0.39 is 25.2 Å². The van der Waals surface area contributed by atoms with Crippen LogP contribution in [0.1, 0.15) is 10.4 Å². The summed E-state index contributed by atoms with van der Waals surface area (Å²) in [5.74, 6) is 0.299. The topological polar surface area (TPSA) is 44.8 Å². The summed E-state index contributed by atoms with van der Waals surface area (Å²) in [4.78, 5) is 11.8. The number of carbonyl (C=O) groups excluding carboxylic acids is 1. The molecule has 0 aromatic heterocycles. The van der Waals surface area contributed by atoms with Gasteiger partial charge in [0.2, 0.25) is 0 Å².